The minimum Gasteiger partial charge on any atom is -0.469 e. The Kier molecular flexibility index (Phi) is 6.46. The van der Waals surface area contributed by atoms with Gasteiger partial charge in [0.2, 0.25) is 0 Å². The molecule has 94 valence electrons. The minimum absolute atomic E-state index is 0.0785. The fraction of sp³-hybridized carbons (Fsp3) is 0.923. The highest BCUT2D eigenvalue weighted by atomic mass is 16.5. The van der Waals surface area contributed by atoms with Crippen molar-refractivity contribution in [2.24, 2.45) is 5.92 Å². The van der Waals surface area contributed by atoms with Crippen LogP contribution in [0.5, 0.6) is 0 Å². The number of piperidine rings is 1. The van der Waals surface area contributed by atoms with E-state index in [0.717, 1.165) is 12.8 Å². The van der Waals surface area contributed by atoms with Gasteiger partial charge in [0.15, 0.2) is 0 Å². The summed E-state index contributed by atoms with van der Waals surface area (Å²) >= 11 is 0. The Morgan fingerprint density at radius 3 is 2.62 bits per heavy atom. The second-order valence-corrected chi connectivity index (χ2v) is 4.93. The number of hydrogen-bond acceptors (Lipinski definition) is 3. The Morgan fingerprint density at radius 2 is 2.00 bits per heavy atom. The second kappa shape index (κ2) is 7.66. The molecule has 0 spiro atoms. The van der Waals surface area contributed by atoms with Crippen LogP contribution in [-0.2, 0) is 9.53 Å². The fourth-order valence-corrected chi connectivity index (χ4v) is 2.37. The van der Waals surface area contributed by atoms with Crippen LogP contribution < -0.4 is 0 Å². The average molecular weight is 227 g/mol. The molecule has 0 saturated carbocycles. The molecule has 1 atom stereocenters. The maximum Gasteiger partial charge on any atom is 0.305 e. The number of rotatable bonds is 6. The van der Waals surface area contributed by atoms with Gasteiger partial charge in [-0.05, 0) is 44.7 Å². The van der Waals surface area contributed by atoms with Gasteiger partial charge in [-0.1, -0.05) is 13.3 Å². The fourth-order valence-electron chi connectivity index (χ4n) is 2.37. The summed E-state index contributed by atoms with van der Waals surface area (Å²) in [6, 6.07) is 0. The van der Waals surface area contributed by atoms with Crippen LogP contribution in [0.25, 0.3) is 0 Å². The first kappa shape index (κ1) is 13.5. The highest BCUT2D eigenvalue weighted by Crippen LogP contribution is 2.14. The summed E-state index contributed by atoms with van der Waals surface area (Å²) in [5.74, 6) is 0.618. The van der Waals surface area contributed by atoms with E-state index < -0.39 is 0 Å². The molecule has 0 N–H and O–H groups in total. The number of carbonyl (C=O) groups excluding carboxylic acids is 1. The van der Waals surface area contributed by atoms with Crippen LogP contribution in [0, 0.1) is 5.92 Å². The number of carbonyl (C=O) groups is 1. The average Bonchev–Trinajstić information content (AvgIpc) is 2.30. The van der Waals surface area contributed by atoms with Crippen molar-refractivity contribution in [1.29, 1.82) is 0 Å². The van der Waals surface area contributed by atoms with Gasteiger partial charge in [0.25, 0.3) is 0 Å². The van der Waals surface area contributed by atoms with E-state index in [0.29, 0.717) is 12.3 Å². The van der Waals surface area contributed by atoms with E-state index >= 15 is 0 Å². The third-order valence-corrected chi connectivity index (χ3v) is 3.32. The van der Waals surface area contributed by atoms with Crippen LogP contribution in [0.4, 0.5) is 0 Å². The molecule has 1 heterocycles. The molecule has 0 bridgehead atoms. The highest BCUT2D eigenvalue weighted by molar-refractivity contribution is 5.68. The Hall–Kier alpha value is -0.570. The maximum atomic E-state index is 11.0. The van der Waals surface area contributed by atoms with Gasteiger partial charge in [-0.2, -0.15) is 0 Å². The summed E-state index contributed by atoms with van der Waals surface area (Å²) in [6.07, 6.45) is 6.77. The normalized spacial score (nSPS) is 19.4. The van der Waals surface area contributed by atoms with Crippen LogP contribution in [0.15, 0.2) is 0 Å². The third-order valence-electron chi connectivity index (χ3n) is 3.32. The molecule has 0 aliphatic carbocycles. The first-order valence-corrected chi connectivity index (χ1v) is 6.51. The monoisotopic (exact) mass is 227 g/mol. The molecule has 1 fully saturated rings. The lowest BCUT2D eigenvalue weighted by atomic mass is 10.0. The molecule has 0 aromatic carbocycles. The zero-order valence-corrected chi connectivity index (χ0v) is 10.7. The molecular weight excluding hydrogens is 202 g/mol. The molecule has 3 nitrogen and oxygen atoms in total. The SMILES string of the molecule is COC(=O)CCCC(C)CN1CCCCC1. The lowest BCUT2D eigenvalue weighted by Crippen LogP contribution is -2.33. The van der Waals surface area contributed by atoms with Crippen molar-refractivity contribution in [3.63, 3.8) is 0 Å². The topological polar surface area (TPSA) is 29.5 Å². The molecule has 16 heavy (non-hydrogen) atoms. The van der Waals surface area contributed by atoms with Crippen molar-refractivity contribution < 1.29 is 9.53 Å². The van der Waals surface area contributed by atoms with Crippen molar-refractivity contribution in [2.75, 3.05) is 26.7 Å². The van der Waals surface area contributed by atoms with E-state index in [1.54, 1.807) is 0 Å². The van der Waals surface area contributed by atoms with Gasteiger partial charge >= 0.3 is 5.97 Å². The summed E-state index contributed by atoms with van der Waals surface area (Å²) in [6.45, 7) is 6.01. The number of nitrogens with zero attached hydrogens (tertiary/aromatic N) is 1. The van der Waals surface area contributed by atoms with Crippen LogP contribution in [0.1, 0.15) is 45.4 Å². The van der Waals surface area contributed by atoms with Gasteiger partial charge in [-0.3, -0.25) is 4.79 Å². The first-order valence-electron chi connectivity index (χ1n) is 6.51. The van der Waals surface area contributed by atoms with E-state index in [9.17, 15) is 4.79 Å². The van der Waals surface area contributed by atoms with Gasteiger partial charge in [0, 0.05) is 13.0 Å². The second-order valence-electron chi connectivity index (χ2n) is 4.93. The molecule has 0 radical (unpaired) electrons. The van der Waals surface area contributed by atoms with E-state index in [4.69, 9.17) is 0 Å². The van der Waals surface area contributed by atoms with Crippen LogP contribution in [-0.4, -0.2) is 37.6 Å². The van der Waals surface area contributed by atoms with Crippen molar-refractivity contribution in [1.82, 2.24) is 4.90 Å². The summed E-state index contributed by atoms with van der Waals surface area (Å²) in [7, 11) is 1.46. The standard InChI is InChI=1S/C13H25NO2/c1-12(7-6-8-13(15)16-2)11-14-9-4-3-5-10-14/h12H,3-11H2,1-2H3. The zero-order chi connectivity index (χ0) is 11.8. The molecule has 0 amide bonds. The van der Waals surface area contributed by atoms with Crippen LogP contribution in [0.3, 0.4) is 0 Å². The molecule has 0 aromatic rings. The lowest BCUT2D eigenvalue weighted by molar-refractivity contribution is -0.140. The number of methoxy groups -OCH3 is 1. The predicted octanol–water partition coefficient (Wildman–Crippen LogP) is 2.45. The molecule has 1 rings (SSSR count). The summed E-state index contributed by atoms with van der Waals surface area (Å²) in [4.78, 5) is 13.5. The van der Waals surface area contributed by atoms with E-state index in [-0.39, 0.29) is 5.97 Å². The summed E-state index contributed by atoms with van der Waals surface area (Å²) in [5.41, 5.74) is 0. The zero-order valence-electron chi connectivity index (χ0n) is 10.7. The summed E-state index contributed by atoms with van der Waals surface area (Å²) < 4.78 is 4.63. The van der Waals surface area contributed by atoms with Crippen molar-refractivity contribution in [2.45, 2.75) is 45.4 Å². The Labute approximate surface area is 99.1 Å². The van der Waals surface area contributed by atoms with Gasteiger partial charge in [-0.25, -0.2) is 0 Å². The molecule has 3 heteroatoms. The largest absolute Gasteiger partial charge is 0.469 e. The molecule has 0 aromatic heterocycles. The van der Waals surface area contributed by atoms with Gasteiger partial charge in [0.05, 0.1) is 7.11 Å². The van der Waals surface area contributed by atoms with Crippen LogP contribution >= 0.6 is 0 Å². The van der Waals surface area contributed by atoms with E-state index in [2.05, 4.69) is 16.6 Å². The number of likely N-dealkylation sites (tertiary alicyclic amines) is 1. The maximum absolute atomic E-state index is 11.0. The molecular formula is C13H25NO2. The van der Waals surface area contributed by atoms with Crippen molar-refractivity contribution in [3.05, 3.63) is 0 Å². The number of esters is 1. The smallest absolute Gasteiger partial charge is 0.305 e. The van der Waals surface area contributed by atoms with E-state index in [1.807, 2.05) is 0 Å². The highest BCUT2D eigenvalue weighted by Gasteiger charge is 2.13. The Balaban J connectivity index is 2.05. The molecule has 1 aliphatic rings. The Morgan fingerprint density at radius 1 is 1.31 bits per heavy atom. The van der Waals surface area contributed by atoms with Crippen molar-refractivity contribution in [3.8, 4) is 0 Å². The van der Waals surface area contributed by atoms with E-state index in [1.165, 1.54) is 46.0 Å². The number of hydrogen-bond donors (Lipinski definition) is 0. The summed E-state index contributed by atoms with van der Waals surface area (Å²) in [5, 5.41) is 0. The molecule has 1 unspecified atom stereocenters. The van der Waals surface area contributed by atoms with Crippen molar-refractivity contribution >= 4 is 5.97 Å². The predicted molar refractivity (Wildman–Crippen MR) is 65.3 cm³/mol. The molecule has 1 aliphatic heterocycles. The lowest BCUT2D eigenvalue weighted by Gasteiger charge is -2.29. The molecule has 1 saturated heterocycles. The van der Waals surface area contributed by atoms with Gasteiger partial charge in [0.1, 0.15) is 0 Å². The van der Waals surface area contributed by atoms with Crippen LogP contribution in [0.2, 0.25) is 0 Å². The van der Waals surface area contributed by atoms with Gasteiger partial charge < -0.3 is 9.64 Å². The Bertz CT molecular complexity index is 200. The quantitative estimate of drug-likeness (QED) is 0.653. The number of ether oxygens (including phenoxy) is 1. The minimum atomic E-state index is -0.0785. The third kappa shape index (κ3) is 5.50. The first-order chi connectivity index (χ1) is 7.72. The van der Waals surface area contributed by atoms with Gasteiger partial charge in [-0.15, -0.1) is 0 Å².